The number of amides is 2. The SMILES string of the molecule is CCN(CC(C)(C)O)C(=O)C(=O)Nc1ccccc1. The van der Waals surface area contributed by atoms with Crippen LogP contribution in [-0.4, -0.2) is 40.5 Å². The molecule has 0 saturated heterocycles. The average Bonchev–Trinajstić information content (AvgIpc) is 2.35. The van der Waals surface area contributed by atoms with Crippen LogP contribution in [0.4, 0.5) is 5.69 Å². The summed E-state index contributed by atoms with van der Waals surface area (Å²) in [7, 11) is 0. The first-order chi connectivity index (χ1) is 8.83. The lowest BCUT2D eigenvalue weighted by atomic mass is 10.1. The van der Waals surface area contributed by atoms with Crippen LogP contribution in [0.1, 0.15) is 20.8 Å². The molecule has 0 saturated carbocycles. The minimum absolute atomic E-state index is 0.116. The number of hydrogen-bond donors (Lipinski definition) is 2. The van der Waals surface area contributed by atoms with Crippen molar-refractivity contribution < 1.29 is 14.7 Å². The van der Waals surface area contributed by atoms with Crippen LogP contribution in [0.5, 0.6) is 0 Å². The standard InChI is InChI=1S/C14H20N2O3/c1-4-16(10-14(2,3)19)13(18)12(17)15-11-8-6-5-7-9-11/h5-9,19H,4,10H2,1-3H3,(H,15,17). The summed E-state index contributed by atoms with van der Waals surface area (Å²) in [5.41, 5.74) is -0.459. The maximum Gasteiger partial charge on any atom is 0.313 e. The predicted octanol–water partition coefficient (Wildman–Crippen LogP) is 1.24. The Kier molecular flexibility index (Phi) is 5.06. The quantitative estimate of drug-likeness (QED) is 0.804. The molecule has 2 N–H and O–H groups in total. The molecule has 0 atom stereocenters. The maximum atomic E-state index is 12.0. The number of aliphatic hydroxyl groups is 1. The van der Waals surface area contributed by atoms with Gasteiger partial charge in [-0.25, -0.2) is 0 Å². The summed E-state index contributed by atoms with van der Waals surface area (Å²) < 4.78 is 0. The van der Waals surface area contributed by atoms with Crippen LogP contribution < -0.4 is 5.32 Å². The molecule has 5 nitrogen and oxygen atoms in total. The number of carbonyl (C=O) groups is 2. The van der Waals surface area contributed by atoms with E-state index in [1.54, 1.807) is 45.0 Å². The lowest BCUT2D eigenvalue weighted by Crippen LogP contribution is -2.46. The van der Waals surface area contributed by atoms with E-state index in [9.17, 15) is 14.7 Å². The van der Waals surface area contributed by atoms with E-state index in [1.807, 2.05) is 6.07 Å². The molecule has 5 heteroatoms. The van der Waals surface area contributed by atoms with Crippen LogP contribution in [0, 0.1) is 0 Å². The Morgan fingerprint density at radius 1 is 1.26 bits per heavy atom. The van der Waals surface area contributed by atoms with E-state index < -0.39 is 17.4 Å². The van der Waals surface area contributed by atoms with Gasteiger partial charge >= 0.3 is 11.8 Å². The van der Waals surface area contributed by atoms with Crippen molar-refractivity contribution in [2.45, 2.75) is 26.4 Å². The Labute approximate surface area is 113 Å². The van der Waals surface area contributed by atoms with Gasteiger partial charge in [-0.05, 0) is 32.9 Å². The van der Waals surface area contributed by atoms with Gasteiger partial charge in [-0.3, -0.25) is 9.59 Å². The van der Waals surface area contributed by atoms with Crippen LogP contribution in [0.2, 0.25) is 0 Å². The number of benzene rings is 1. The molecule has 0 aliphatic carbocycles. The summed E-state index contributed by atoms with van der Waals surface area (Å²) >= 11 is 0. The van der Waals surface area contributed by atoms with Crippen molar-refractivity contribution >= 4 is 17.5 Å². The highest BCUT2D eigenvalue weighted by atomic mass is 16.3. The van der Waals surface area contributed by atoms with Crippen molar-refractivity contribution in [3.63, 3.8) is 0 Å². The molecular weight excluding hydrogens is 244 g/mol. The van der Waals surface area contributed by atoms with Crippen LogP contribution >= 0.6 is 0 Å². The normalized spacial score (nSPS) is 10.9. The van der Waals surface area contributed by atoms with Gasteiger partial charge in [-0.1, -0.05) is 18.2 Å². The minimum Gasteiger partial charge on any atom is -0.389 e. The molecule has 0 radical (unpaired) electrons. The summed E-state index contributed by atoms with van der Waals surface area (Å²) in [6, 6.07) is 8.78. The summed E-state index contributed by atoms with van der Waals surface area (Å²) in [5.74, 6) is -1.34. The molecular formula is C14H20N2O3. The summed E-state index contributed by atoms with van der Waals surface area (Å²) in [4.78, 5) is 25.1. The molecule has 0 bridgehead atoms. The topological polar surface area (TPSA) is 69.6 Å². The molecule has 1 aromatic rings. The van der Waals surface area contributed by atoms with Gasteiger partial charge in [-0.15, -0.1) is 0 Å². The van der Waals surface area contributed by atoms with Crippen molar-refractivity contribution in [3.05, 3.63) is 30.3 Å². The van der Waals surface area contributed by atoms with Gasteiger partial charge < -0.3 is 15.3 Å². The molecule has 0 aromatic heterocycles. The Morgan fingerprint density at radius 2 is 1.84 bits per heavy atom. The number of para-hydroxylation sites is 1. The first kappa shape index (κ1) is 15.2. The van der Waals surface area contributed by atoms with E-state index in [4.69, 9.17) is 0 Å². The van der Waals surface area contributed by atoms with Crippen molar-refractivity contribution in [2.75, 3.05) is 18.4 Å². The Hall–Kier alpha value is -1.88. The van der Waals surface area contributed by atoms with Gasteiger partial charge in [0, 0.05) is 18.8 Å². The number of carbonyl (C=O) groups excluding carboxylic acids is 2. The molecule has 2 amide bonds. The fraction of sp³-hybridized carbons (Fsp3) is 0.429. The number of nitrogens with one attached hydrogen (secondary N) is 1. The van der Waals surface area contributed by atoms with E-state index in [0.29, 0.717) is 12.2 Å². The Morgan fingerprint density at radius 3 is 2.32 bits per heavy atom. The van der Waals surface area contributed by atoms with Crippen LogP contribution in [-0.2, 0) is 9.59 Å². The minimum atomic E-state index is -1.03. The molecule has 0 aliphatic heterocycles. The molecule has 0 aliphatic rings. The van der Waals surface area contributed by atoms with Crippen molar-refractivity contribution in [1.29, 1.82) is 0 Å². The number of nitrogens with zero attached hydrogens (tertiary/aromatic N) is 1. The number of likely N-dealkylation sites (N-methyl/N-ethyl adjacent to an activating group) is 1. The number of hydrogen-bond acceptors (Lipinski definition) is 3. The second-order valence-corrected chi connectivity index (χ2v) is 4.95. The van der Waals surface area contributed by atoms with Crippen LogP contribution in [0.25, 0.3) is 0 Å². The largest absolute Gasteiger partial charge is 0.389 e. The Balaban J connectivity index is 2.67. The highest BCUT2D eigenvalue weighted by Gasteiger charge is 2.25. The first-order valence-electron chi connectivity index (χ1n) is 6.21. The zero-order chi connectivity index (χ0) is 14.5. The van der Waals surface area contributed by atoms with Gasteiger partial charge in [0.2, 0.25) is 0 Å². The fourth-order valence-corrected chi connectivity index (χ4v) is 1.64. The lowest BCUT2D eigenvalue weighted by molar-refractivity contribution is -0.144. The number of anilines is 1. The molecule has 104 valence electrons. The zero-order valence-corrected chi connectivity index (χ0v) is 11.5. The first-order valence-corrected chi connectivity index (χ1v) is 6.21. The molecule has 0 spiro atoms. The fourth-order valence-electron chi connectivity index (χ4n) is 1.64. The monoisotopic (exact) mass is 264 g/mol. The van der Waals surface area contributed by atoms with E-state index in [2.05, 4.69) is 5.32 Å². The molecule has 0 unspecified atom stereocenters. The van der Waals surface area contributed by atoms with E-state index in [-0.39, 0.29) is 6.54 Å². The van der Waals surface area contributed by atoms with E-state index in [1.165, 1.54) is 4.90 Å². The molecule has 1 aromatic carbocycles. The highest BCUT2D eigenvalue weighted by Crippen LogP contribution is 2.08. The molecule has 1 rings (SSSR count). The van der Waals surface area contributed by atoms with E-state index in [0.717, 1.165) is 0 Å². The lowest BCUT2D eigenvalue weighted by Gasteiger charge is -2.27. The third-order valence-corrected chi connectivity index (χ3v) is 2.47. The molecule has 0 fully saturated rings. The highest BCUT2D eigenvalue weighted by molar-refractivity contribution is 6.39. The van der Waals surface area contributed by atoms with Crippen molar-refractivity contribution in [3.8, 4) is 0 Å². The second-order valence-electron chi connectivity index (χ2n) is 4.95. The molecule has 19 heavy (non-hydrogen) atoms. The smallest absolute Gasteiger partial charge is 0.313 e. The average molecular weight is 264 g/mol. The Bertz CT molecular complexity index is 438. The van der Waals surface area contributed by atoms with Crippen LogP contribution in [0.15, 0.2) is 30.3 Å². The zero-order valence-electron chi connectivity index (χ0n) is 11.5. The van der Waals surface area contributed by atoms with Crippen LogP contribution in [0.3, 0.4) is 0 Å². The van der Waals surface area contributed by atoms with Gasteiger partial charge in [-0.2, -0.15) is 0 Å². The summed E-state index contributed by atoms with van der Waals surface area (Å²) in [5, 5.41) is 12.2. The summed E-state index contributed by atoms with van der Waals surface area (Å²) in [6.07, 6.45) is 0. The third kappa shape index (κ3) is 5.09. The van der Waals surface area contributed by atoms with Gasteiger partial charge in [0.15, 0.2) is 0 Å². The summed E-state index contributed by atoms with van der Waals surface area (Å²) in [6.45, 7) is 5.44. The van der Waals surface area contributed by atoms with Gasteiger partial charge in [0.05, 0.1) is 5.60 Å². The number of rotatable bonds is 4. The predicted molar refractivity (Wildman–Crippen MR) is 73.6 cm³/mol. The third-order valence-electron chi connectivity index (χ3n) is 2.47. The van der Waals surface area contributed by atoms with Gasteiger partial charge in [0.25, 0.3) is 0 Å². The molecule has 0 heterocycles. The van der Waals surface area contributed by atoms with Gasteiger partial charge in [0.1, 0.15) is 0 Å². The maximum absolute atomic E-state index is 12.0. The van der Waals surface area contributed by atoms with E-state index >= 15 is 0 Å². The van der Waals surface area contributed by atoms with Crippen molar-refractivity contribution in [2.24, 2.45) is 0 Å². The van der Waals surface area contributed by atoms with Crippen molar-refractivity contribution in [1.82, 2.24) is 4.90 Å². The second kappa shape index (κ2) is 6.33.